The van der Waals surface area contributed by atoms with Crippen LogP contribution in [0, 0.1) is 0 Å². The first-order valence-corrected chi connectivity index (χ1v) is 10.3. The van der Waals surface area contributed by atoms with Crippen LogP contribution in [-0.4, -0.2) is 43.1 Å². The first kappa shape index (κ1) is 22.9. The second kappa shape index (κ2) is 11.6. The van der Waals surface area contributed by atoms with Gasteiger partial charge < -0.3 is 23.7 Å². The molecule has 0 N–H and O–H groups in total. The number of esters is 2. The monoisotopic (exact) mass is 428 g/mol. The van der Waals surface area contributed by atoms with Crippen LogP contribution >= 0.6 is 0 Å². The van der Waals surface area contributed by atoms with E-state index in [-0.39, 0.29) is 6.61 Å². The van der Waals surface area contributed by atoms with E-state index in [1.165, 1.54) is 13.8 Å². The highest BCUT2D eigenvalue weighted by Crippen LogP contribution is 2.28. The minimum Gasteiger partial charge on any atom is -0.463 e. The average Bonchev–Trinajstić information content (AvgIpc) is 2.77. The molecule has 1 saturated heterocycles. The normalized spacial score (nSPS) is 23.2. The van der Waals surface area contributed by atoms with E-state index in [0.29, 0.717) is 19.6 Å². The fourth-order valence-electron chi connectivity index (χ4n) is 3.33. The fraction of sp³-hybridized carbons (Fsp3) is 0.417. The van der Waals surface area contributed by atoms with Crippen molar-refractivity contribution < 1.29 is 33.3 Å². The average molecular weight is 428 g/mol. The lowest BCUT2D eigenvalue weighted by molar-refractivity contribution is -0.280. The number of hydrogen-bond donors (Lipinski definition) is 0. The van der Waals surface area contributed by atoms with E-state index in [4.69, 9.17) is 23.7 Å². The predicted octanol–water partition coefficient (Wildman–Crippen LogP) is 3.40. The third-order valence-corrected chi connectivity index (χ3v) is 4.84. The van der Waals surface area contributed by atoms with Crippen molar-refractivity contribution in [2.75, 3.05) is 6.61 Å². The van der Waals surface area contributed by atoms with Gasteiger partial charge in [0.1, 0.15) is 18.8 Å². The van der Waals surface area contributed by atoms with Crippen molar-refractivity contribution in [3.8, 4) is 0 Å². The molecule has 1 heterocycles. The Hall–Kier alpha value is -2.74. The summed E-state index contributed by atoms with van der Waals surface area (Å²) in [6, 6.07) is 19.5. The van der Waals surface area contributed by atoms with Crippen molar-refractivity contribution in [3.63, 3.8) is 0 Å². The molecule has 1 aliphatic rings. The molecule has 0 spiro atoms. The number of hydrogen-bond acceptors (Lipinski definition) is 7. The number of benzene rings is 2. The summed E-state index contributed by atoms with van der Waals surface area (Å²) in [4.78, 5) is 22.9. The molecule has 0 unspecified atom stereocenters. The van der Waals surface area contributed by atoms with E-state index < -0.39 is 36.5 Å². The molecule has 2 aromatic carbocycles. The summed E-state index contributed by atoms with van der Waals surface area (Å²) in [5, 5.41) is 0. The summed E-state index contributed by atoms with van der Waals surface area (Å²) in [5.74, 6) is -0.898. The van der Waals surface area contributed by atoms with Crippen LogP contribution in [0.3, 0.4) is 0 Å². The Morgan fingerprint density at radius 2 is 1.39 bits per heavy atom. The Morgan fingerprint density at radius 1 is 0.839 bits per heavy atom. The molecule has 2 aromatic rings. The molecule has 0 radical (unpaired) electrons. The molecule has 0 aromatic heterocycles. The summed E-state index contributed by atoms with van der Waals surface area (Å²) in [6.07, 6.45) is -2.03. The van der Waals surface area contributed by atoms with Gasteiger partial charge in [0.25, 0.3) is 0 Å². The lowest BCUT2D eigenvalue weighted by Gasteiger charge is -2.40. The van der Waals surface area contributed by atoms with Gasteiger partial charge in [-0.05, 0) is 11.1 Å². The number of carbonyl (C=O) groups is 2. The van der Waals surface area contributed by atoms with Gasteiger partial charge in [-0.15, -0.1) is 0 Å². The second-order valence-corrected chi connectivity index (χ2v) is 7.36. The van der Waals surface area contributed by atoms with Crippen molar-refractivity contribution in [2.45, 2.75) is 58.1 Å². The molecular weight excluding hydrogens is 400 g/mol. The maximum atomic E-state index is 11.6. The maximum absolute atomic E-state index is 11.6. The van der Waals surface area contributed by atoms with Gasteiger partial charge in [-0.1, -0.05) is 60.7 Å². The first-order chi connectivity index (χ1) is 15.0. The molecule has 7 nitrogen and oxygen atoms in total. The van der Waals surface area contributed by atoms with E-state index >= 15 is 0 Å². The largest absolute Gasteiger partial charge is 0.463 e. The Bertz CT molecular complexity index is 824. The molecule has 0 saturated carbocycles. The molecule has 3 rings (SSSR count). The summed E-state index contributed by atoms with van der Waals surface area (Å²) >= 11 is 0. The molecule has 4 atom stereocenters. The highest BCUT2D eigenvalue weighted by molar-refractivity contribution is 5.66. The van der Waals surface area contributed by atoms with E-state index in [0.717, 1.165) is 11.1 Å². The van der Waals surface area contributed by atoms with Crippen molar-refractivity contribution in [3.05, 3.63) is 71.8 Å². The van der Waals surface area contributed by atoms with Crippen LogP contribution in [0.15, 0.2) is 60.7 Å². The standard InChI is InChI=1S/C24H28O7/c1-17(25)27-16-23-21(28-14-19-9-5-3-6-10-19)13-22(24(31-23)30-18(2)26)29-15-20-11-7-4-8-12-20/h3-12,21-24H,13-16H2,1-2H3/t21-,22+,23+,24+/m0/s1. The smallest absolute Gasteiger partial charge is 0.305 e. The van der Waals surface area contributed by atoms with Gasteiger partial charge in [0.05, 0.1) is 19.3 Å². The lowest BCUT2D eigenvalue weighted by Crippen LogP contribution is -2.52. The molecular formula is C24H28O7. The van der Waals surface area contributed by atoms with Crippen molar-refractivity contribution in [1.82, 2.24) is 0 Å². The van der Waals surface area contributed by atoms with Crippen molar-refractivity contribution in [1.29, 1.82) is 0 Å². The highest BCUT2D eigenvalue weighted by atomic mass is 16.7. The van der Waals surface area contributed by atoms with Crippen LogP contribution < -0.4 is 0 Å². The zero-order chi connectivity index (χ0) is 22.1. The van der Waals surface area contributed by atoms with E-state index in [9.17, 15) is 9.59 Å². The van der Waals surface area contributed by atoms with Gasteiger partial charge in [0, 0.05) is 20.3 Å². The molecule has 7 heteroatoms. The van der Waals surface area contributed by atoms with Crippen LogP contribution in [0.5, 0.6) is 0 Å². The topological polar surface area (TPSA) is 80.3 Å². The second-order valence-electron chi connectivity index (χ2n) is 7.36. The van der Waals surface area contributed by atoms with E-state index in [2.05, 4.69) is 0 Å². The third kappa shape index (κ3) is 7.47. The van der Waals surface area contributed by atoms with Crippen LogP contribution in [-0.2, 0) is 46.5 Å². The number of carbonyl (C=O) groups excluding carboxylic acids is 2. The van der Waals surface area contributed by atoms with Gasteiger partial charge >= 0.3 is 11.9 Å². The predicted molar refractivity (Wildman–Crippen MR) is 112 cm³/mol. The van der Waals surface area contributed by atoms with Crippen LogP contribution in [0.4, 0.5) is 0 Å². The van der Waals surface area contributed by atoms with Gasteiger partial charge in [0.15, 0.2) is 0 Å². The Labute approximate surface area is 182 Å². The minimum atomic E-state index is -0.918. The van der Waals surface area contributed by atoms with Crippen molar-refractivity contribution >= 4 is 11.9 Å². The molecule has 1 aliphatic heterocycles. The third-order valence-electron chi connectivity index (χ3n) is 4.84. The Balaban J connectivity index is 1.70. The number of rotatable bonds is 9. The summed E-state index contributed by atoms with van der Waals surface area (Å²) < 4.78 is 28.7. The molecule has 0 bridgehead atoms. The SMILES string of the molecule is CC(=O)OC[C@H]1O[C@@H](OC(C)=O)[C@H](OCc2ccccc2)C[C@@H]1OCc1ccccc1. The molecule has 0 amide bonds. The quantitative estimate of drug-likeness (QED) is 0.566. The maximum Gasteiger partial charge on any atom is 0.305 e. The van der Waals surface area contributed by atoms with E-state index in [1.54, 1.807) is 0 Å². The van der Waals surface area contributed by atoms with Crippen LogP contribution in [0.25, 0.3) is 0 Å². The van der Waals surface area contributed by atoms with Gasteiger partial charge in [0.2, 0.25) is 6.29 Å². The molecule has 31 heavy (non-hydrogen) atoms. The molecule has 166 valence electrons. The zero-order valence-electron chi connectivity index (χ0n) is 17.8. The highest BCUT2D eigenvalue weighted by Gasteiger charge is 2.41. The minimum absolute atomic E-state index is 0.00202. The number of ether oxygens (including phenoxy) is 5. The Kier molecular flexibility index (Phi) is 8.58. The molecule has 0 aliphatic carbocycles. The van der Waals surface area contributed by atoms with Gasteiger partial charge in [-0.25, -0.2) is 0 Å². The van der Waals surface area contributed by atoms with Gasteiger partial charge in [-0.2, -0.15) is 0 Å². The van der Waals surface area contributed by atoms with Gasteiger partial charge in [-0.3, -0.25) is 9.59 Å². The zero-order valence-corrected chi connectivity index (χ0v) is 17.8. The lowest BCUT2D eigenvalue weighted by atomic mass is 10.0. The van der Waals surface area contributed by atoms with Crippen molar-refractivity contribution in [2.24, 2.45) is 0 Å². The van der Waals surface area contributed by atoms with E-state index in [1.807, 2.05) is 60.7 Å². The molecule has 1 fully saturated rings. The fourth-order valence-corrected chi connectivity index (χ4v) is 3.33. The van der Waals surface area contributed by atoms with Crippen LogP contribution in [0.2, 0.25) is 0 Å². The Morgan fingerprint density at radius 3 is 1.90 bits per heavy atom. The van der Waals surface area contributed by atoms with Crippen LogP contribution in [0.1, 0.15) is 31.4 Å². The summed E-state index contributed by atoms with van der Waals surface area (Å²) in [7, 11) is 0. The first-order valence-electron chi connectivity index (χ1n) is 10.3. The summed E-state index contributed by atoms with van der Waals surface area (Å²) in [5.41, 5.74) is 2.01. The summed E-state index contributed by atoms with van der Waals surface area (Å²) in [6.45, 7) is 3.36.